The van der Waals surface area contributed by atoms with Gasteiger partial charge in [-0.05, 0) is 36.0 Å². The van der Waals surface area contributed by atoms with Crippen molar-refractivity contribution in [2.45, 2.75) is 40.7 Å². The standard InChI is InChI=1S/C17H26N2/c1-13-5-6-14(12-18)16(11-13)19-9-7-15(8-10-19)17(2,3)4/h5-7,11H,8-10,12,18H2,1-4H3. The molecule has 1 aliphatic rings. The zero-order chi connectivity index (χ0) is 14.0. The number of hydrogen-bond acceptors (Lipinski definition) is 2. The maximum atomic E-state index is 5.86. The fourth-order valence-corrected chi connectivity index (χ4v) is 2.71. The zero-order valence-corrected chi connectivity index (χ0v) is 12.7. The predicted molar refractivity (Wildman–Crippen MR) is 83.4 cm³/mol. The largest absolute Gasteiger partial charge is 0.367 e. The highest BCUT2D eigenvalue weighted by atomic mass is 15.1. The van der Waals surface area contributed by atoms with Crippen LogP contribution in [0.25, 0.3) is 0 Å². The van der Waals surface area contributed by atoms with Crippen molar-refractivity contribution in [2.24, 2.45) is 11.1 Å². The van der Waals surface area contributed by atoms with Crippen LogP contribution in [-0.4, -0.2) is 13.1 Å². The van der Waals surface area contributed by atoms with Crippen molar-refractivity contribution in [3.8, 4) is 0 Å². The Morgan fingerprint density at radius 3 is 2.53 bits per heavy atom. The van der Waals surface area contributed by atoms with Crippen LogP contribution in [0, 0.1) is 12.3 Å². The van der Waals surface area contributed by atoms with Crippen molar-refractivity contribution in [2.75, 3.05) is 18.0 Å². The van der Waals surface area contributed by atoms with Gasteiger partial charge in [-0.1, -0.05) is 44.6 Å². The molecule has 1 heterocycles. The molecule has 0 fully saturated rings. The van der Waals surface area contributed by atoms with Gasteiger partial charge < -0.3 is 10.6 Å². The molecule has 104 valence electrons. The molecule has 2 N–H and O–H groups in total. The highest BCUT2D eigenvalue weighted by molar-refractivity contribution is 5.56. The van der Waals surface area contributed by atoms with Crippen LogP contribution in [0.15, 0.2) is 29.8 Å². The summed E-state index contributed by atoms with van der Waals surface area (Å²) in [5.41, 5.74) is 11.6. The molecule has 2 heteroatoms. The Balaban J connectivity index is 2.22. The van der Waals surface area contributed by atoms with Gasteiger partial charge in [-0.15, -0.1) is 0 Å². The summed E-state index contributed by atoms with van der Waals surface area (Å²) < 4.78 is 0. The van der Waals surface area contributed by atoms with Crippen LogP contribution in [0.1, 0.15) is 38.3 Å². The molecule has 1 aliphatic heterocycles. The van der Waals surface area contributed by atoms with E-state index in [0.29, 0.717) is 12.0 Å². The number of hydrogen-bond donors (Lipinski definition) is 1. The van der Waals surface area contributed by atoms with Crippen LogP contribution in [0.3, 0.4) is 0 Å². The third-order valence-corrected chi connectivity index (χ3v) is 3.97. The summed E-state index contributed by atoms with van der Waals surface area (Å²) >= 11 is 0. The van der Waals surface area contributed by atoms with Gasteiger partial charge in [0.05, 0.1) is 0 Å². The minimum atomic E-state index is 0.301. The molecule has 2 rings (SSSR count). The summed E-state index contributed by atoms with van der Waals surface area (Å²) in [7, 11) is 0. The number of benzene rings is 1. The fraction of sp³-hybridized carbons (Fsp3) is 0.529. The predicted octanol–water partition coefficient (Wildman–Crippen LogP) is 3.64. The lowest BCUT2D eigenvalue weighted by Crippen LogP contribution is -2.32. The molecule has 19 heavy (non-hydrogen) atoms. The third kappa shape index (κ3) is 3.19. The molecule has 0 atom stereocenters. The maximum absolute atomic E-state index is 5.86. The van der Waals surface area contributed by atoms with E-state index in [1.807, 2.05) is 0 Å². The molecule has 0 aliphatic carbocycles. The Morgan fingerprint density at radius 1 is 1.26 bits per heavy atom. The SMILES string of the molecule is Cc1ccc(CN)c(N2CC=C(C(C)(C)C)CC2)c1. The first kappa shape index (κ1) is 14.1. The number of nitrogens with two attached hydrogens (primary N) is 1. The van der Waals surface area contributed by atoms with Crippen molar-refractivity contribution >= 4 is 5.69 Å². The number of rotatable bonds is 2. The molecule has 0 amide bonds. The van der Waals surface area contributed by atoms with Gasteiger partial charge in [0.25, 0.3) is 0 Å². The van der Waals surface area contributed by atoms with Gasteiger partial charge in [0.1, 0.15) is 0 Å². The average Bonchev–Trinajstić information content (AvgIpc) is 2.38. The van der Waals surface area contributed by atoms with Gasteiger partial charge in [0.15, 0.2) is 0 Å². The topological polar surface area (TPSA) is 29.3 Å². The average molecular weight is 258 g/mol. The van der Waals surface area contributed by atoms with E-state index < -0.39 is 0 Å². The molecule has 0 spiro atoms. The highest BCUT2D eigenvalue weighted by Crippen LogP contribution is 2.32. The van der Waals surface area contributed by atoms with Crippen LogP contribution >= 0.6 is 0 Å². The van der Waals surface area contributed by atoms with E-state index in [4.69, 9.17) is 5.73 Å². The summed E-state index contributed by atoms with van der Waals surface area (Å²) in [6.07, 6.45) is 3.55. The quantitative estimate of drug-likeness (QED) is 0.821. The molecule has 1 aromatic rings. The lowest BCUT2D eigenvalue weighted by molar-refractivity contribution is 0.472. The molecule has 2 nitrogen and oxygen atoms in total. The summed E-state index contributed by atoms with van der Waals surface area (Å²) in [5, 5.41) is 0. The maximum Gasteiger partial charge on any atom is 0.0417 e. The first-order valence-corrected chi connectivity index (χ1v) is 7.16. The normalized spacial score (nSPS) is 16.5. The second kappa shape index (κ2) is 5.38. The van der Waals surface area contributed by atoms with Crippen molar-refractivity contribution < 1.29 is 0 Å². The molecule has 0 saturated carbocycles. The van der Waals surface area contributed by atoms with Gasteiger partial charge >= 0.3 is 0 Å². The Kier molecular flexibility index (Phi) is 4.00. The van der Waals surface area contributed by atoms with Crippen LogP contribution in [0.5, 0.6) is 0 Å². The zero-order valence-electron chi connectivity index (χ0n) is 12.7. The van der Waals surface area contributed by atoms with Crippen LogP contribution in [-0.2, 0) is 6.54 Å². The Labute approximate surface area is 117 Å². The number of nitrogens with zero attached hydrogens (tertiary/aromatic N) is 1. The van der Waals surface area contributed by atoms with Crippen molar-refractivity contribution in [1.29, 1.82) is 0 Å². The lowest BCUT2D eigenvalue weighted by atomic mass is 9.83. The second-order valence-electron chi connectivity index (χ2n) is 6.51. The molecule has 0 radical (unpaired) electrons. The molecule has 0 bridgehead atoms. The molecule has 1 aromatic carbocycles. The van der Waals surface area contributed by atoms with Crippen LogP contribution < -0.4 is 10.6 Å². The molecular formula is C17H26N2. The van der Waals surface area contributed by atoms with Crippen molar-refractivity contribution in [3.63, 3.8) is 0 Å². The van der Waals surface area contributed by atoms with Crippen molar-refractivity contribution in [1.82, 2.24) is 0 Å². The highest BCUT2D eigenvalue weighted by Gasteiger charge is 2.22. The van der Waals surface area contributed by atoms with Gasteiger partial charge in [-0.3, -0.25) is 0 Å². The Morgan fingerprint density at radius 2 is 2.00 bits per heavy atom. The smallest absolute Gasteiger partial charge is 0.0417 e. The van der Waals surface area contributed by atoms with E-state index >= 15 is 0 Å². The van der Waals surface area contributed by atoms with E-state index in [1.165, 1.54) is 16.8 Å². The Bertz CT molecular complexity index is 481. The molecule has 0 saturated heterocycles. The van der Waals surface area contributed by atoms with E-state index in [0.717, 1.165) is 19.5 Å². The van der Waals surface area contributed by atoms with Crippen LogP contribution in [0.4, 0.5) is 5.69 Å². The first-order chi connectivity index (χ1) is 8.91. The fourth-order valence-electron chi connectivity index (χ4n) is 2.71. The van der Waals surface area contributed by atoms with E-state index in [-0.39, 0.29) is 0 Å². The monoisotopic (exact) mass is 258 g/mol. The molecule has 0 aromatic heterocycles. The number of aryl methyl sites for hydroxylation is 1. The Hall–Kier alpha value is -1.28. The van der Waals surface area contributed by atoms with Gasteiger partial charge in [-0.2, -0.15) is 0 Å². The lowest BCUT2D eigenvalue weighted by Gasteiger charge is -2.34. The minimum Gasteiger partial charge on any atom is -0.367 e. The minimum absolute atomic E-state index is 0.301. The first-order valence-electron chi connectivity index (χ1n) is 7.16. The van der Waals surface area contributed by atoms with Gasteiger partial charge in [0.2, 0.25) is 0 Å². The second-order valence-corrected chi connectivity index (χ2v) is 6.51. The summed E-state index contributed by atoms with van der Waals surface area (Å²) in [6.45, 7) is 11.8. The summed E-state index contributed by atoms with van der Waals surface area (Å²) in [6, 6.07) is 6.57. The number of anilines is 1. The van der Waals surface area contributed by atoms with E-state index in [9.17, 15) is 0 Å². The van der Waals surface area contributed by atoms with E-state index in [2.05, 4.69) is 56.9 Å². The molecular weight excluding hydrogens is 232 g/mol. The summed E-state index contributed by atoms with van der Waals surface area (Å²) in [5.74, 6) is 0. The van der Waals surface area contributed by atoms with Gasteiger partial charge in [0, 0.05) is 25.3 Å². The van der Waals surface area contributed by atoms with Crippen molar-refractivity contribution in [3.05, 3.63) is 41.0 Å². The van der Waals surface area contributed by atoms with E-state index in [1.54, 1.807) is 5.57 Å². The van der Waals surface area contributed by atoms with Crippen LogP contribution in [0.2, 0.25) is 0 Å². The molecule has 0 unspecified atom stereocenters. The summed E-state index contributed by atoms with van der Waals surface area (Å²) in [4.78, 5) is 2.45. The third-order valence-electron chi connectivity index (χ3n) is 3.97. The van der Waals surface area contributed by atoms with Gasteiger partial charge in [-0.25, -0.2) is 0 Å².